The molecule has 8 heterocycles. The van der Waals surface area contributed by atoms with Crippen LogP contribution < -0.4 is 171 Å². The van der Waals surface area contributed by atoms with Gasteiger partial charge in [0.15, 0.2) is 46.0 Å². The van der Waals surface area contributed by atoms with E-state index in [9.17, 15) is 33.9 Å². The Balaban J connectivity index is 0.000000206. The van der Waals surface area contributed by atoms with Crippen molar-refractivity contribution in [2.75, 3.05) is 95.4 Å². The summed E-state index contributed by atoms with van der Waals surface area (Å²) >= 11 is 2.32. The second-order valence-electron chi connectivity index (χ2n) is 30.2. The maximum absolute atomic E-state index is 14.2. The van der Waals surface area contributed by atoms with Crippen LogP contribution in [-0.4, -0.2) is 171 Å². The number of ether oxygens (including phenoxy) is 7. The Kier molecular flexibility index (Phi) is 34.2. The van der Waals surface area contributed by atoms with Crippen LogP contribution in [0.15, 0.2) is 153 Å². The first kappa shape index (κ1) is 96.1. The fraction of sp³-hybridized carbons (Fsp3) is 0.337. The van der Waals surface area contributed by atoms with Gasteiger partial charge in [0.25, 0.3) is 30.1 Å². The van der Waals surface area contributed by atoms with Gasteiger partial charge in [-0.25, -0.2) is 0 Å². The number of anilines is 6. The number of aliphatic imine (C=N–C) groups is 4. The maximum Gasteiger partial charge on any atom is 1.00 e. The number of alkyl halides is 1. The minimum absolute atomic E-state index is 0. The summed E-state index contributed by atoms with van der Waals surface area (Å²) in [4.78, 5) is 117. The average Bonchev–Trinajstić information content (AvgIpc) is 1.62. The fourth-order valence-electron chi connectivity index (χ4n) is 15.4. The fourth-order valence-corrected chi connectivity index (χ4v) is 20.2. The van der Waals surface area contributed by atoms with Crippen molar-refractivity contribution in [2.45, 2.75) is 126 Å². The number of phenols is 1. The maximum atomic E-state index is 14.2. The van der Waals surface area contributed by atoms with Crippen LogP contribution in [-0.2, 0) is 45.0 Å². The van der Waals surface area contributed by atoms with Crippen LogP contribution in [0.25, 0.3) is 0 Å². The summed E-state index contributed by atoms with van der Waals surface area (Å²) in [6, 6.07) is 40.0. The number of carbonyl (C=O) groups is 7. The summed E-state index contributed by atoms with van der Waals surface area (Å²) < 4.78 is 41.1. The zero-order valence-corrected chi connectivity index (χ0v) is 82.0. The van der Waals surface area contributed by atoms with Gasteiger partial charge < -0.3 is 60.5 Å². The topological polar surface area (TPSA) is 323 Å². The molecule has 0 aliphatic carbocycles. The molecule has 34 heteroatoms. The van der Waals surface area contributed by atoms with Gasteiger partial charge in [0.05, 0.1) is 129 Å². The van der Waals surface area contributed by atoms with E-state index >= 15 is 0 Å². The molecule has 634 valence electrons. The number of nitrogens with zero attached hydrogens (tertiary/aromatic N) is 8. The molecule has 8 aliphatic heterocycles. The molecule has 0 unspecified atom stereocenters. The molecule has 27 nitrogen and oxygen atoms in total. The predicted octanol–water partition coefficient (Wildman–Crippen LogP) is 10.6. The van der Waals surface area contributed by atoms with E-state index in [1.807, 2.05) is 115 Å². The molecular formula is C89H93IK2N10O17S4. The number of para-hydroxylation sites is 2. The zero-order valence-electron chi connectivity index (χ0n) is 71.4. The summed E-state index contributed by atoms with van der Waals surface area (Å²) in [6.45, 7) is 9.56. The predicted molar refractivity (Wildman–Crippen MR) is 488 cm³/mol. The monoisotopic (exact) mass is 1910 g/mol. The van der Waals surface area contributed by atoms with E-state index in [4.69, 9.17) is 53.2 Å². The summed E-state index contributed by atoms with van der Waals surface area (Å²) in [7, 11) is 13.0. The van der Waals surface area contributed by atoms with Crippen molar-refractivity contribution in [3.05, 3.63) is 178 Å². The standard InChI is InChI=1S/C44H45N5O7S2.C24H27N3O4S2.C20H19IN2O3.CH2O3.2K.H/c1-44(2,58-57-5)14-13-41(50)47-28-12-11-27-18-30-25-46-34-23-40(38(54-4)21-32(34)43(52)49(30)36(27)19-28)56-16-8-15-55-39-22-33-31(20-37(39)53-3)42(51)48-29(24-45-33)17-26-9-6-7-10-35(26)48;1-24(2,33-32-4)8-7-22(29)26-15-6-5-14-9-16-13-25-18-12-20(28)21(31-3)11-17(18)23(30)27(16)19(14)10-15;1-25-18-10-15-16(11-19(18)26-8-4-7-21)22-12-14-9-13-5-2-3-6-17(13)23(14)20(15)24;2-1-4-3;;;/h6-7,9-12,19-25,29-30H,8,13-18H2,1-5H3,(H,47,50);5-6,10-13,16,28H,7-9H2,1-4H3,(H,26,29);2-3,5-6,10-12,14H,4,7-9H2,1H3;1,3H;;;/q;;;;2*+1;-1/p-1/t29-,30-;16-;14-;;;;/m000..../s1. The smallest absolute Gasteiger partial charge is 1.00 e. The van der Waals surface area contributed by atoms with E-state index in [2.05, 4.69) is 81.9 Å². The summed E-state index contributed by atoms with van der Waals surface area (Å²) in [5, 5.41) is 24.5. The van der Waals surface area contributed by atoms with E-state index in [0.717, 1.165) is 69.6 Å². The number of rotatable bonds is 27. The van der Waals surface area contributed by atoms with Gasteiger partial charge in [0.2, 0.25) is 11.8 Å². The van der Waals surface area contributed by atoms with Crippen LogP contribution in [0.3, 0.4) is 0 Å². The van der Waals surface area contributed by atoms with Gasteiger partial charge in [-0.05, 0) is 142 Å². The van der Waals surface area contributed by atoms with Crippen LogP contribution in [0.2, 0.25) is 0 Å². The third-order valence-corrected chi connectivity index (χ3v) is 27.3. The number of fused-ring (bicyclic) bond motifs is 16. The minimum atomic E-state index is -0.277. The number of hydrogen-bond donors (Lipinski definition) is 3. The van der Waals surface area contributed by atoms with Gasteiger partial charge in [-0.3, -0.25) is 73.1 Å². The van der Waals surface area contributed by atoms with Crippen LogP contribution in [0.1, 0.15) is 131 Å². The summed E-state index contributed by atoms with van der Waals surface area (Å²) in [5.41, 5.74) is 12.8. The molecule has 0 aromatic heterocycles. The Morgan fingerprint density at radius 3 is 1.13 bits per heavy atom. The van der Waals surface area contributed by atoms with Crippen molar-refractivity contribution in [3.63, 3.8) is 0 Å². The van der Waals surface area contributed by atoms with Gasteiger partial charge >= 0.3 is 103 Å². The number of carbonyl (C=O) groups excluding carboxylic acids is 7. The Hall–Kier alpha value is -7.51. The molecule has 0 saturated heterocycles. The number of nitrogens with one attached hydrogen (secondary N) is 2. The molecule has 0 radical (unpaired) electrons. The Bertz CT molecular complexity index is 5440. The van der Waals surface area contributed by atoms with Crippen molar-refractivity contribution >= 4 is 189 Å². The van der Waals surface area contributed by atoms with Crippen molar-refractivity contribution in [2.24, 2.45) is 20.0 Å². The van der Waals surface area contributed by atoms with Crippen LogP contribution >= 0.6 is 65.8 Å². The van der Waals surface area contributed by atoms with Crippen molar-refractivity contribution in [3.8, 4) is 46.0 Å². The average molecular weight is 1910 g/mol. The van der Waals surface area contributed by atoms with E-state index in [0.29, 0.717) is 143 Å². The van der Waals surface area contributed by atoms with Gasteiger partial charge in [0.1, 0.15) is 0 Å². The quantitative estimate of drug-likeness (QED) is 0.00629. The van der Waals surface area contributed by atoms with Crippen molar-refractivity contribution in [1.82, 2.24) is 0 Å². The van der Waals surface area contributed by atoms with Crippen LogP contribution in [0.4, 0.5) is 56.9 Å². The normalized spacial score (nSPS) is 16.5. The van der Waals surface area contributed by atoms with E-state index in [1.165, 1.54) is 31.9 Å². The molecular weight excluding hydrogens is 1810 g/mol. The third-order valence-electron chi connectivity index (χ3n) is 21.2. The van der Waals surface area contributed by atoms with Crippen molar-refractivity contribution < 1.29 is 186 Å². The summed E-state index contributed by atoms with van der Waals surface area (Å²) in [6.07, 6.45) is 17.9. The van der Waals surface area contributed by atoms with Gasteiger partial charge in [0, 0.05) is 131 Å². The molecule has 4 atom stereocenters. The molecule has 8 aromatic carbocycles. The molecule has 0 bridgehead atoms. The van der Waals surface area contributed by atoms with Crippen LogP contribution in [0, 0.1) is 0 Å². The molecule has 0 spiro atoms. The van der Waals surface area contributed by atoms with Gasteiger partial charge in [-0.1, -0.05) is 114 Å². The molecule has 8 aliphatic rings. The molecule has 16 rings (SSSR count). The number of amides is 6. The first-order valence-electron chi connectivity index (χ1n) is 39.1. The number of methoxy groups -OCH3 is 4. The summed E-state index contributed by atoms with van der Waals surface area (Å²) in [5.74, 6) is 2.41. The third kappa shape index (κ3) is 22.4. The van der Waals surface area contributed by atoms with E-state index < -0.39 is 0 Å². The second kappa shape index (κ2) is 43.8. The molecule has 0 fully saturated rings. The largest absolute Gasteiger partial charge is 1.00 e. The van der Waals surface area contributed by atoms with Gasteiger partial charge in [-0.15, -0.1) is 0 Å². The first-order chi connectivity index (χ1) is 58.4. The number of aromatic hydroxyl groups is 1. The second-order valence-corrected chi connectivity index (χ2v) is 37.5. The van der Waals surface area contributed by atoms with Crippen LogP contribution in [0.5, 0.6) is 46.0 Å². The van der Waals surface area contributed by atoms with Crippen molar-refractivity contribution in [1.29, 1.82) is 0 Å². The van der Waals surface area contributed by atoms with Gasteiger partial charge in [-0.2, -0.15) is 0 Å². The Morgan fingerprint density at radius 1 is 0.480 bits per heavy atom. The first-order valence-corrected chi connectivity index (χ1v) is 45.8. The number of hydrogen-bond acceptors (Lipinski definition) is 25. The number of phenolic OH excluding ortho intramolecular Hbond substituents is 1. The van der Waals surface area contributed by atoms with E-state index in [-0.39, 0.29) is 198 Å². The molecule has 8 aromatic rings. The van der Waals surface area contributed by atoms with E-state index in [1.54, 1.807) is 115 Å². The minimum Gasteiger partial charge on any atom is -1.00 e. The zero-order chi connectivity index (χ0) is 85.8. The molecule has 6 amide bonds. The SMILES string of the molecule is COc1cc2c(cc1O)N=C[C@@H]1Cc3ccc(NC(=O)CCC(C)(C)SSC)cc3N1C2=O.COc1cc2c(cc1OCCCI)N=C[C@@H]1Cc3ccccc3N1C2=O.COc1cc2c(cc1OCCCOc1cc3c(cc1OC)C(=O)N1c4cc(NC(=O)CCC(C)(C)SSC)ccc4C[C@H]1C=N3)N=C[C@@H]1Cc3ccccc3N1C2=O.O=CO[O-].[H-].[K+].[K+]. The number of halogens is 1. The molecule has 3 N–H and O–H groups in total. The number of benzene rings is 8. The molecule has 123 heavy (non-hydrogen) atoms. The molecule has 0 saturated carbocycles. The Labute approximate surface area is 830 Å². The Morgan fingerprint density at radius 2 is 0.797 bits per heavy atom.